The predicted octanol–water partition coefficient (Wildman–Crippen LogP) is 3.28. The largest absolute Gasteiger partial charge is 0.377 e. The molecule has 1 aliphatic rings. The zero-order valence-electron chi connectivity index (χ0n) is 12.0. The molecular weight excluding hydrogens is 289 g/mol. The third kappa shape index (κ3) is 3.27. The van der Waals surface area contributed by atoms with Gasteiger partial charge in [0.25, 0.3) is 0 Å². The van der Waals surface area contributed by atoms with Gasteiger partial charge < -0.3 is 9.30 Å². The Morgan fingerprint density at radius 1 is 1.33 bits per heavy atom. The maximum Gasteiger partial charge on any atom is 0.191 e. The highest BCUT2D eigenvalue weighted by atomic mass is 32.2. The molecule has 0 aliphatic carbocycles. The van der Waals surface area contributed by atoms with Crippen molar-refractivity contribution in [1.29, 1.82) is 0 Å². The van der Waals surface area contributed by atoms with Gasteiger partial charge in [-0.1, -0.05) is 23.9 Å². The first kappa shape index (κ1) is 14.5. The molecule has 1 aromatic carbocycles. The fourth-order valence-corrected chi connectivity index (χ4v) is 3.40. The van der Waals surface area contributed by atoms with Crippen molar-refractivity contribution in [2.24, 2.45) is 7.05 Å². The van der Waals surface area contributed by atoms with Crippen LogP contribution in [0.2, 0.25) is 0 Å². The molecule has 6 heteroatoms. The van der Waals surface area contributed by atoms with Crippen LogP contribution >= 0.6 is 11.8 Å². The van der Waals surface area contributed by atoms with E-state index < -0.39 is 0 Å². The van der Waals surface area contributed by atoms with Crippen LogP contribution in [-0.4, -0.2) is 33.2 Å². The summed E-state index contributed by atoms with van der Waals surface area (Å²) < 4.78 is 21.4. The molecule has 0 bridgehead atoms. The number of halogens is 1. The lowest BCUT2D eigenvalue weighted by Crippen LogP contribution is -2.21. The fraction of sp³-hybridized carbons (Fsp3) is 0.467. The molecule has 2 aromatic rings. The van der Waals surface area contributed by atoms with Gasteiger partial charge in [-0.05, 0) is 31.4 Å². The molecule has 3 rings (SSSR count). The van der Waals surface area contributed by atoms with Gasteiger partial charge >= 0.3 is 0 Å². The summed E-state index contributed by atoms with van der Waals surface area (Å²) in [6.07, 6.45) is 3.77. The van der Waals surface area contributed by atoms with Crippen LogP contribution < -0.4 is 0 Å². The Morgan fingerprint density at radius 2 is 2.19 bits per heavy atom. The molecule has 1 aliphatic heterocycles. The number of thioether (sulfide) groups is 1. The number of rotatable bonds is 4. The second kappa shape index (κ2) is 6.58. The monoisotopic (exact) mass is 307 g/mol. The van der Waals surface area contributed by atoms with Crippen LogP contribution in [-0.2, 0) is 11.8 Å². The van der Waals surface area contributed by atoms with E-state index in [1.807, 2.05) is 11.6 Å². The summed E-state index contributed by atoms with van der Waals surface area (Å²) in [5, 5.41) is 9.09. The molecule has 112 valence electrons. The highest BCUT2D eigenvalue weighted by Crippen LogP contribution is 2.26. The van der Waals surface area contributed by atoms with E-state index in [2.05, 4.69) is 10.2 Å². The molecule has 1 saturated heterocycles. The Balaban J connectivity index is 1.72. The second-order valence-corrected chi connectivity index (χ2v) is 6.13. The average molecular weight is 307 g/mol. The zero-order chi connectivity index (χ0) is 14.7. The van der Waals surface area contributed by atoms with Crippen molar-refractivity contribution >= 4 is 11.8 Å². The van der Waals surface area contributed by atoms with Gasteiger partial charge in [-0.15, -0.1) is 10.2 Å². The van der Waals surface area contributed by atoms with Crippen molar-refractivity contribution in [3.63, 3.8) is 0 Å². The van der Waals surface area contributed by atoms with Gasteiger partial charge in [0.15, 0.2) is 11.0 Å². The molecule has 1 fully saturated rings. The summed E-state index contributed by atoms with van der Waals surface area (Å²) in [6.45, 7) is 0.852. The van der Waals surface area contributed by atoms with E-state index in [1.54, 1.807) is 30.0 Å². The normalized spacial score (nSPS) is 18.9. The third-order valence-corrected chi connectivity index (χ3v) is 4.77. The SMILES string of the molecule is Cn1c(SC[C@@H]2CCCCO2)nnc1-c1ccccc1F. The van der Waals surface area contributed by atoms with Crippen LogP contribution in [0.3, 0.4) is 0 Å². The molecule has 0 unspecified atom stereocenters. The van der Waals surface area contributed by atoms with Gasteiger partial charge in [0, 0.05) is 19.4 Å². The van der Waals surface area contributed by atoms with Gasteiger partial charge in [0.2, 0.25) is 0 Å². The number of hydrogen-bond donors (Lipinski definition) is 0. The van der Waals surface area contributed by atoms with E-state index in [0.717, 1.165) is 30.4 Å². The minimum atomic E-state index is -0.278. The predicted molar refractivity (Wildman–Crippen MR) is 80.7 cm³/mol. The molecule has 21 heavy (non-hydrogen) atoms. The van der Waals surface area contributed by atoms with Gasteiger partial charge in [0.1, 0.15) is 5.82 Å². The van der Waals surface area contributed by atoms with Crippen LogP contribution in [0, 0.1) is 5.82 Å². The molecule has 4 nitrogen and oxygen atoms in total. The van der Waals surface area contributed by atoms with Gasteiger partial charge in [0.05, 0.1) is 11.7 Å². The first-order chi connectivity index (χ1) is 10.3. The van der Waals surface area contributed by atoms with Gasteiger partial charge in [-0.25, -0.2) is 4.39 Å². The number of hydrogen-bond acceptors (Lipinski definition) is 4. The smallest absolute Gasteiger partial charge is 0.191 e. The highest BCUT2D eigenvalue weighted by molar-refractivity contribution is 7.99. The minimum absolute atomic E-state index is 0.278. The molecule has 1 atom stereocenters. The van der Waals surface area contributed by atoms with Crippen molar-refractivity contribution < 1.29 is 9.13 Å². The van der Waals surface area contributed by atoms with E-state index in [-0.39, 0.29) is 11.9 Å². The summed E-state index contributed by atoms with van der Waals surface area (Å²) >= 11 is 1.62. The molecule has 1 aromatic heterocycles. The van der Waals surface area contributed by atoms with Crippen molar-refractivity contribution in [2.75, 3.05) is 12.4 Å². The van der Waals surface area contributed by atoms with E-state index in [9.17, 15) is 4.39 Å². The maximum absolute atomic E-state index is 13.8. The number of aromatic nitrogens is 3. The van der Waals surface area contributed by atoms with Gasteiger partial charge in [-0.2, -0.15) is 0 Å². The molecule has 0 saturated carbocycles. The topological polar surface area (TPSA) is 39.9 Å². The summed E-state index contributed by atoms with van der Waals surface area (Å²) in [7, 11) is 1.87. The van der Waals surface area contributed by atoms with Crippen LogP contribution in [0.1, 0.15) is 19.3 Å². The molecule has 0 radical (unpaired) electrons. The average Bonchev–Trinajstić information content (AvgIpc) is 2.88. The van der Waals surface area contributed by atoms with E-state index >= 15 is 0 Å². The second-order valence-electron chi connectivity index (χ2n) is 5.14. The van der Waals surface area contributed by atoms with Crippen molar-refractivity contribution in [3.8, 4) is 11.4 Å². The maximum atomic E-state index is 13.8. The molecule has 2 heterocycles. The molecule has 0 spiro atoms. The van der Waals surface area contributed by atoms with Crippen molar-refractivity contribution in [3.05, 3.63) is 30.1 Å². The van der Waals surface area contributed by atoms with Crippen LogP contribution in [0.25, 0.3) is 11.4 Å². The Morgan fingerprint density at radius 3 is 2.95 bits per heavy atom. The number of ether oxygens (including phenoxy) is 1. The minimum Gasteiger partial charge on any atom is -0.377 e. The number of nitrogens with zero attached hydrogens (tertiary/aromatic N) is 3. The Hall–Kier alpha value is -1.40. The number of benzene rings is 1. The quantitative estimate of drug-likeness (QED) is 0.813. The standard InChI is InChI=1S/C15H18FN3OS/c1-19-14(12-7-2-3-8-13(12)16)17-18-15(19)21-10-11-6-4-5-9-20-11/h2-3,7-8,11H,4-6,9-10H2,1H3/t11-/m0/s1. The fourth-order valence-electron chi connectivity index (χ4n) is 2.42. The molecular formula is C15H18FN3OS. The van der Waals surface area contributed by atoms with Gasteiger partial charge in [-0.3, -0.25) is 0 Å². The van der Waals surface area contributed by atoms with Crippen molar-refractivity contribution in [1.82, 2.24) is 14.8 Å². The Kier molecular flexibility index (Phi) is 4.55. The summed E-state index contributed by atoms with van der Waals surface area (Å²) in [5.74, 6) is 1.14. The lowest BCUT2D eigenvalue weighted by molar-refractivity contribution is 0.0315. The molecule has 0 N–H and O–H groups in total. The van der Waals surface area contributed by atoms with Crippen LogP contribution in [0.5, 0.6) is 0 Å². The summed E-state index contributed by atoms with van der Waals surface area (Å²) in [4.78, 5) is 0. The van der Waals surface area contributed by atoms with Crippen molar-refractivity contribution in [2.45, 2.75) is 30.5 Å². The van der Waals surface area contributed by atoms with Crippen LogP contribution in [0.15, 0.2) is 29.4 Å². The first-order valence-electron chi connectivity index (χ1n) is 7.14. The third-order valence-electron chi connectivity index (χ3n) is 3.62. The first-order valence-corrected chi connectivity index (χ1v) is 8.13. The zero-order valence-corrected chi connectivity index (χ0v) is 12.8. The Labute approximate surface area is 127 Å². The highest BCUT2D eigenvalue weighted by Gasteiger charge is 2.18. The summed E-state index contributed by atoms with van der Waals surface area (Å²) in [6, 6.07) is 6.63. The molecule has 0 amide bonds. The summed E-state index contributed by atoms with van der Waals surface area (Å²) in [5.41, 5.74) is 0.480. The lowest BCUT2D eigenvalue weighted by Gasteiger charge is -2.21. The van der Waals surface area contributed by atoms with E-state index in [1.165, 1.54) is 12.5 Å². The van der Waals surface area contributed by atoms with E-state index in [4.69, 9.17) is 4.74 Å². The Bertz CT molecular complexity index is 611. The lowest BCUT2D eigenvalue weighted by atomic mass is 10.1. The van der Waals surface area contributed by atoms with E-state index in [0.29, 0.717) is 11.4 Å². The van der Waals surface area contributed by atoms with Crippen LogP contribution in [0.4, 0.5) is 4.39 Å².